The van der Waals surface area contributed by atoms with Crippen LogP contribution in [0.2, 0.25) is 0 Å². The Labute approximate surface area is 249 Å². The number of carbonyl (C=O) groups excluding carboxylic acids is 2. The molecule has 4 rings (SSSR count). The zero-order valence-corrected chi connectivity index (χ0v) is 25.6. The molecule has 2 saturated heterocycles. The third-order valence-electron chi connectivity index (χ3n) is 9.30. The van der Waals surface area contributed by atoms with Crippen molar-refractivity contribution in [2.24, 2.45) is 11.8 Å². The normalized spacial score (nSPS) is 40.3. The van der Waals surface area contributed by atoms with Gasteiger partial charge in [-0.25, -0.2) is 4.39 Å². The van der Waals surface area contributed by atoms with Gasteiger partial charge in [0.2, 0.25) is 0 Å². The molecule has 10 atom stereocenters. The molecule has 2 heterocycles. The van der Waals surface area contributed by atoms with E-state index in [2.05, 4.69) is 9.80 Å². The lowest BCUT2D eigenvalue weighted by molar-refractivity contribution is -0.172. The molecule has 2 aliphatic heterocycles. The maximum Gasteiger partial charge on any atom is 0.309 e. The van der Waals surface area contributed by atoms with Crippen LogP contribution in [0.1, 0.15) is 64.2 Å². The number of esters is 2. The summed E-state index contributed by atoms with van der Waals surface area (Å²) in [6.45, 7) is 6.53. The van der Waals surface area contributed by atoms with E-state index in [0.29, 0.717) is 51.7 Å². The topological polar surface area (TPSA) is 86.8 Å². The van der Waals surface area contributed by atoms with E-state index in [1.54, 1.807) is 14.2 Å². The molecule has 0 aromatic heterocycles. The summed E-state index contributed by atoms with van der Waals surface area (Å²) in [5.74, 6) is -1.24. The van der Waals surface area contributed by atoms with Gasteiger partial charge in [-0.15, -0.1) is 11.6 Å². The van der Waals surface area contributed by atoms with Crippen LogP contribution < -0.4 is 0 Å². The quantitative estimate of drug-likeness (QED) is 0.353. The van der Waals surface area contributed by atoms with Gasteiger partial charge in [0.15, 0.2) is 0 Å². The molecular formula is C30H50ClFN2O7. The molecule has 0 aromatic rings. The van der Waals surface area contributed by atoms with Gasteiger partial charge in [-0.3, -0.25) is 9.59 Å². The second-order valence-electron chi connectivity index (χ2n) is 12.1. The predicted molar refractivity (Wildman–Crippen MR) is 153 cm³/mol. The smallest absolute Gasteiger partial charge is 0.309 e. The minimum absolute atomic E-state index is 0.134. The van der Waals surface area contributed by atoms with Gasteiger partial charge in [-0.2, -0.15) is 0 Å². The summed E-state index contributed by atoms with van der Waals surface area (Å²) < 4.78 is 43.7. The predicted octanol–water partition coefficient (Wildman–Crippen LogP) is 3.59. The van der Waals surface area contributed by atoms with Crippen LogP contribution in [-0.2, 0) is 33.3 Å². The first-order chi connectivity index (χ1) is 19.9. The molecule has 0 radical (unpaired) electrons. The van der Waals surface area contributed by atoms with Crippen molar-refractivity contribution in [3.8, 4) is 0 Å². The maximum absolute atomic E-state index is 14.2. The highest BCUT2D eigenvalue weighted by atomic mass is 35.5. The molecule has 4 bridgehead atoms. The Balaban J connectivity index is 1.42. The molecule has 10 unspecified atom stereocenters. The summed E-state index contributed by atoms with van der Waals surface area (Å²) in [6.07, 6.45) is 3.90. The van der Waals surface area contributed by atoms with Gasteiger partial charge in [0.05, 0.1) is 36.0 Å². The van der Waals surface area contributed by atoms with Crippen molar-refractivity contribution < 1.29 is 37.7 Å². The third-order valence-corrected chi connectivity index (χ3v) is 9.79. The molecular weight excluding hydrogens is 555 g/mol. The Morgan fingerprint density at radius 3 is 2.37 bits per heavy atom. The van der Waals surface area contributed by atoms with Crippen LogP contribution in [-0.4, -0.2) is 124 Å². The van der Waals surface area contributed by atoms with Gasteiger partial charge in [-0.05, 0) is 77.3 Å². The number of methoxy groups -OCH3 is 2. The van der Waals surface area contributed by atoms with Crippen LogP contribution in [0.5, 0.6) is 0 Å². The van der Waals surface area contributed by atoms with Gasteiger partial charge in [0, 0.05) is 47.0 Å². The van der Waals surface area contributed by atoms with Crippen molar-refractivity contribution in [2.75, 3.05) is 66.7 Å². The van der Waals surface area contributed by atoms with Crippen LogP contribution in [0.15, 0.2) is 0 Å². The Morgan fingerprint density at radius 2 is 1.63 bits per heavy atom. The fourth-order valence-corrected chi connectivity index (χ4v) is 7.02. The molecule has 11 heteroatoms. The monoisotopic (exact) mass is 604 g/mol. The number of rotatable bonds is 4. The highest BCUT2D eigenvalue weighted by Crippen LogP contribution is 2.33. The van der Waals surface area contributed by atoms with Crippen LogP contribution in [0.25, 0.3) is 0 Å². The molecule has 236 valence electrons. The largest absolute Gasteiger partial charge is 0.465 e. The van der Waals surface area contributed by atoms with E-state index in [4.69, 9.17) is 35.3 Å². The number of alkyl halides is 2. The number of fused-ring (bicyclic) bond motifs is 5. The zero-order chi connectivity index (χ0) is 29.2. The summed E-state index contributed by atoms with van der Waals surface area (Å²) >= 11 is 6.05. The molecule has 0 spiro atoms. The second kappa shape index (κ2) is 16.7. The van der Waals surface area contributed by atoms with Crippen LogP contribution in [0.3, 0.4) is 0 Å². The summed E-state index contributed by atoms with van der Waals surface area (Å²) in [7, 11) is 3.28. The third kappa shape index (κ3) is 9.73. The standard InChI is InChI=1S/C30H50ClFN2O7/c1-37-26-19-22-20-27(28(26)38-2)39-16-3-6-23(41-30(36)21-7-8-24(31)25(32)18-21)9-13-34-11-4-10-33(14-15-34)12-5-17-40-29(22)35/h21-28H,3-20H2,1-2H3. The van der Waals surface area contributed by atoms with Crippen molar-refractivity contribution in [1.82, 2.24) is 9.80 Å². The summed E-state index contributed by atoms with van der Waals surface area (Å²) in [6, 6.07) is 0. The van der Waals surface area contributed by atoms with E-state index in [0.717, 1.165) is 58.5 Å². The van der Waals surface area contributed by atoms with Crippen LogP contribution in [0.4, 0.5) is 4.39 Å². The Hall–Kier alpha value is -1.04. The summed E-state index contributed by atoms with van der Waals surface area (Å²) in [5, 5.41) is -0.519. The maximum atomic E-state index is 14.2. The number of cyclic esters (lactones) is 1. The van der Waals surface area contributed by atoms with E-state index < -0.39 is 17.5 Å². The second-order valence-corrected chi connectivity index (χ2v) is 12.7. The molecule has 2 aliphatic carbocycles. The zero-order valence-electron chi connectivity index (χ0n) is 24.9. The first-order valence-corrected chi connectivity index (χ1v) is 16.1. The number of nitrogens with zero attached hydrogens (tertiary/aromatic N) is 2. The Kier molecular flexibility index (Phi) is 13.4. The van der Waals surface area contributed by atoms with Crippen molar-refractivity contribution in [1.29, 1.82) is 0 Å². The number of carbonyl (C=O) groups is 2. The van der Waals surface area contributed by atoms with Crippen molar-refractivity contribution in [3.63, 3.8) is 0 Å². The number of hydrogen-bond acceptors (Lipinski definition) is 9. The Morgan fingerprint density at radius 1 is 0.878 bits per heavy atom. The lowest BCUT2D eigenvalue weighted by Gasteiger charge is -2.39. The fourth-order valence-electron chi connectivity index (χ4n) is 6.79. The molecule has 0 aromatic carbocycles. The molecule has 9 nitrogen and oxygen atoms in total. The van der Waals surface area contributed by atoms with Crippen molar-refractivity contribution >= 4 is 23.5 Å². The lowest BCUT2D eigenvalue weighted by atomic mass is 9.83. The average Bonchev–Trinajstić information content (AvgIpc) is 3.21. The van der Waals surface area contributed by atoms with Gasteiger partial charge < -0.3 is 33.5 Å². The van der Waals surface area contributed by atoms with E-state index in [1.165, 1.54) is 0 Å². The lowest BCUT2D eigenvalue weighted by Crippen LogP contribution is -2.49. The van der Waals surface area contributed by atoms with E-state index in [9.17, 15) is 14.0 Å². The van der Waals surface area contributed by atoms with Crippen LogP contribution in [0, 0.1) is 11.8 Å². The van der Waals surface area contributed by atoms with Gasteiger partial charge in [-0.1, -0.05) is 0 Å². The minimum atomic E-state index is -1.17. The highest BCUT2D eigenvalue weighted by Gasteiger charge is 2.42. The summed E-state index contributed by atoms with van der Waals surface area (Å²) in [5.41, 5.74) is 0. The molecule has 0 N–H and O–H groups in total. The molecule has 4 fully saturated rings. The van der Waals surface area contributed by atoms with E-state index >= 15 is 0 Å². The van der Waals surface area contributed by atoms with Crippen molar-refractivity contribution in [2.45, 2.75) is 100 Å². The molecule has 0 amide bonds. The molecule has 2 saturated carbocycles. The highest BCUT2D eigenvalue weighted by molar-refractivity contribution is 6.21. The van der Waals surface area contributed by atoms with Gasteiger partial charge in [0.25, 0.3) is 0 Å². The minimum Gasteiger partial charge on any atom is -0.465 e. The Bertz CT molecular complexity index is 826. The van der Waals surface area contributed by atoms with E-state index in [-0.39, 0.29) is 48.7 Å². The number of halogens is 2. The van der Waals surface area contributed by atoms with Gasteiger partial charge in [0.1, 0.15) is 18.4 Å². The van der Waals surface area contributed by atoms with Crippen LogP contribution >= 0.6 is 11.6 Å². The summed E-state index contributed by atoms with van der Waals surface area (Å²) in [4.78, 5) is 30.9. The fraction of sp³-hybridized carbons (Fsp3) is 0.933. The van der Waals surface area contributed by atoms with E-state index in [1.807, 2.05) is 0 Å². The molecule has 4 aliphatic rings. The first kappa shape index (κ1) is 32.9. The number of hydrogen-bond donors (Lipinski definition) is 0. The SMILES string of the molecule is COC1CC2CC(OCCCC(OC(=O)C3CCC(Cl)C(F)C3)CCN3CCCN(CCCOC2=O)CC3)C1OC. The number of ether oxygens (including phenoxy) is 5. The molecule has 41 heavy (non-hydrogen) atoms. The van der Waals surface area contributed by atoms with Gasteiger partial charge >= 0.3 is 11.9 Å². The average molecular weight is 605 g/mol. The first-order valence-electron chi connectivity index (χ1n) is 15.6. The van der Waals surface area contributed by atoms with Crippen molar-refractivity contribution in [3.05, 3.63) is 0 Å².